The number of carbonyl (C=O) groups excluding carboxylic acids is 1. The number of nitrogens with zero attached hydrogens (tertiary/aromatic N) is 6. The van der Waals surface area contributed by atoms with Crippen LogP contribution in [0.15, 0.2) is 42.7 Å². The largest absolute Gasteiger partial charge is 0.355 e. The average molecular weight is 395 g/mol. The molecule has 0 spiro atoms. The zero-order chi connectivity index (χ0) is 19.2. The second kappa shape index (κ2) is 8.83. The van der Waals surface area contributed by atoms with Gasteiger partial charge in [0, 0.05) is 37.6 Å². The molecule has 1 N–H and O–H groups in total. The summed E-state index contributed by atoms with van der Waals surface area (Å²) in [4.78, 5) is 18.6. The first-order valence-electron chi connectivity index (χ1n) is 9.31. The topological polar surface area (TPSA) is 96.8 Å². The summed E-state index contributed by atoms with van der Waals surface area (Å²) in [5.41, 5.74) is 0.736. The van der Waals surface area contributed by atoms with Crippen LogP contribution in [0.2, 0.25) is 0 Å². The maximum absolute atomic E-state index is 12.1. The highest BCUT2D eigenvalue weighted by atomic mass is 32.1. The third kappa shape index (κ3) is 4.86. The molecule has 3 aromatic rings. The highest BCUT2D eigenvalue weighted by Gasteiger charge is 2.22. The van der Waals surface area contributed by atoms with E-state index in [1.54, 1.807) is 12.4 Å². The summed E-state index contributed by atoms with van der Waals surface area (Å²) in [5, 5.41) is 20.8. The molecule has 4 heterocycles. The molecule has 28 heavy (non-hydrogen) atoms. The van der Waals surface area contributed by atoms with Gasteiger partial charge in [-0.15, -0.1) is 15.3 Å². The summed E-state index contributed by atoms with van der Waals surface area (Å²) in [6.07, 6.45) is 6.66. The van der Waals surface area contributed by atoms with Crippen LogP contribution in [0.3, 0.4) is 0 Å². The number of hydrogen-bond donors (Lipinski definition) is 1. The van der Waals surface area contributed by atoms with Gasteiger partial charge in [-0.2, -0.15) is 5.10 Å². The molecule has 1 aliphatic rings. The lowest BCUT2D eigenvalue weighted by molar-refractivity contribution is -0.115. The Hall–Kier alpha value is -2.94. The number of amides is 1. The molecule has 0 atom stereocenters. The van der Waals surface area contributed by atoms with Gasteiger partial charge in [0.25, 0.3) is 0 Å². The van der Waals surface area contributed by atoms with Gasteiger partial charge in [-0.3, -0.25) is 9.78 Å². The van der Waals surface area contributed by atoms with Gasteiger partial charge >= 0.3 is 0 Å². The molecule has 0 aromatic carbocycles. The predicted octanol–water partition coefficient (Wildman–Crippen LogP) is 2.36. The number of nitrogens with one attached hydrogen (secondary N) is 1. The minimum atomic E-state index is -0.126. The second-order valence-corrected chi connectivity index (χ2v) is 7.83. The maximum Gasteiger partial charge on any atom is 0.232 e. The number of piperidine rings is 1. The maximum atomic E-state index is 12.1. The fraction of sp³-hybridized carbons (Fsp3) is 0.368. The Labute approximate surface area is 167 Å². The Balaban J connectivity index is 1.25. The van der Waals surface area contributed by atoms with Crippen LogP contribution < -0.4 is 10.2 Å². The SMILES string of the molecule is O=C(Cc1ccccn1)Nc1nnc(CC2CCN(c3cccnn3)CC2)s1. The van der Waals surface area contributed by atoms with E-state index in [1.807, 2.05) is 30.3 Å². The van der Waals surface area contributed by atoms with E-state index in [0.29, 0.717) is 11.0 Å². The molecule has 0 bridgehead atoms. The summed E-state index contributed by atoms with van der Waals surface area (Å²) in [5.74, 6) is 1.38. The van der Waals surface area contributed by atoms with E-state index in [9.17, 15) is 4.79 Å². The lowest BCUT2D eigenvalue weighted by Crippen LogP contribution is -2.34. The van der Waals surface area contributed by atoms with E-state index >= 15 is 0 Å². The van der Waals surface area contributed by atoms with Crippen LogP contribution in [0.5, 0.6) is 0 Å². The molecule has 9 heteroatoms. The Morgan fingerprint density at radius 3 is 2.75 bits per heavy atom. The van der Waals surface area contributed by atoms with Gasteiger partial charge in [-0.05, 0) is 43.0 Å². The summed E-state index contributed by atoms with van der Waals surface area (Å²) in [6.45, 7) is 1.94. The molecule has 1 amide bonds. The third-order valence-electron chi connectivity index (χ3n) is 4.74. The molecule has 4 rings (SSSR count). The fourth-order valence-corrected chi connectivity index (χ4v) is 4.16. The number of hydrogen-bond acceptors (Lipinski definition) is 8. The highest BCUT2D eigenvalue weighted by Crippen LogP contribution is 2.26. The van der Waals surface area contributed by atoms with Gasteiger partial charge in [-0.25, -0.2) is 0 Å². The summed E-state index contributed by atoms with van der Waals surface area (Å²) < 4.78 is 0. The quantitative estimate of drug-likeness (QED) is 0.684. The second-order valence-electron chi connectivity index (χ2n) is 6.76. The van der Waals surface area contributed by atoms with Crippen molar-refractivity contribution in [3.63, 3.8) is 0 Å². The van der Waals surface area contributed by atoms with E-state index in [2.05, 4.69) is 35.6 Å². The molecule has 1 aliphatic heterocycles. The van der Waals surface area contributed by atoms with Crippen LogP contribution in [0, 0.1) is 5.92 Å². The lowest BCUT2D eigenvalue weighted by Gasteiger charge is -2.32. The van der Waals surface area contributed by atoms with Crippen molar-refractivity contribution < 1.29 is 4.79 Å². The molecule has 144 valence electrons. The molecule has 3 aromatic heterocycles. The summed E-state index contributed by atoms with van der Waals surface area (Å²) >= 11 is 1.45. The molecular weight excluding hydrogens is 374 g/mol. The van der Waals surface area contributed by atoms with Crippen molar-refractivity contribution in [3.8, 4) is 0 Å². The lowest BCUT2D eigenvalue weighted by atomic mass is 9.94. The summed E-state index contributed by atoms with van der Waals surface area (Å²) in [6, 6.07) is 9.44. The minimum absolute atomic E-state index is 0.126. The number of pyridine rings is 1. The van der Waals surface area contributed by atoms with Crippen molar-refractivity contribution in [2.24, 2.45) is 5.92 Å². The van der Waals surface area contributed by atoms with E-state index in [0.717, 1.165) is 48.9 Å². The molecule has 1 saturated heterocycles. The molecular formula is C19H21N7OS. The summed E-state index contributed by atoms with van der Waals surface area (Å²) in [7, 11) is 0. The van der Waals surface area contributed by atoms with Gasteiger partial charge in [-0.1, -0.05) is 17.4 Å². The molecule has 1 fully saturated rings. The van der Waals surface area contributed by atoms with Crippen molar-refractivity contribution in [1.29, 1.82) is 0 Å². The van der Waals surface area contributed by atoms with Gasteiger partial charge in [0.1, 0.15) is 5.01 Å². The van der Waals surface area contributed by atoms with Crippen LogP contribution in [-0.4, -0.2) is 44.4 Å². The van der Waals surface area contributed by atoms with E-state index in [-0.39, 0.29) is 12.3 Å². The number of anilines is 2. The Morgan fingerprint density at radius 2 is 2.00 bits per heavy atom. The standard InChI is InChI=1S/C19H21N7OS/c27-17(13-15-4-1-2-8-20-15)22-19-25-24-18(28-19)12-14-6-10-26(11-7-14)16-5-3-9-21-23-16/h1-5,8-9,14H,6-7,10-13H2,(H,22,25,27). The Morgan fingerprint density at radius 1 is 1.11 bits per heavy atom. The van der Waals surface area contributed by atoms with Gasteiger partial charge in [0.15, 0.2) is 5.82 Å². The Bertz CT molecular complexity index is 895. The predicted molar refractivity (Wildman–Crippen MR) is 107 cm³/mol. The number of rotatable bonds is 6. The molecule has 0 radical (unpaired) electrons. The van der Waals surface area contributed by atoms with Crippen molar-refractivity contribution in [2.45, 2.75) is 25.7 Å². The zero-order valence-electron chi connectivity index (χ0n) is 15.4. The zero-order valence-corrected chi connectivity index (χ0v) is 16.2. The van der Waals surface area contributed by atoms with Crippen molar-refractivity contribution in [1.82, 2.24) is 25.4 Å². The Kier molecular flexibility index (Phi) is 5.81. The molecule has 0 unspecified atom stereocenters. The van der Waals surface area contributed by atoms with Crippen LogP contribution in [0.25, 0.3) is 0 Å². The van der Waals surface area contributed by atoms with Gasteiger partial charge in [0.05, 0.1) is 6.42 Å². The first kappa shape index (κ1) is 18.4. The van der Waals surface area contributed by atoms with Crippen molar-refractivity contribution >= 4 is 28.2 Å². The minimum Gasteiger partial charge on any atom is -0.355 e. The molecule has 8 nitrogen and oxygen atoms in total. The third-order valence-corrected chi connectivity index (χ3v) is 5.60. The van der Waals surface area contributed by atoms with Crippen molar-refractivity contribution in [2.75, 3.05) is 23.3 Å². The first-order chi connectivity index (χ1) is 13.8. The average Bonchev–Trinajstić information content (AvgIpc) is 3.16. The molecule has 0 aliphatic carbocycles. The van der Waals surface area contributed by atoms with Gasteiger partial charge in [0.2, 0.25) is 11.0 Å². The number of carbonyl (C=O) groups is 1. The van der Waals surface area contributed by atoms with E-state index < -0.39 is 0 Å². The van der Waals surface area contributed by atoms with E-state index in [1.165, 1.54) is 11.3 Å². The first-order valence-corrected chi connectivity index (χ1v) is 10.1. The van der Waals surface area contributed by atoms with Crippen LogP contribution >= 0.6 is 11.3 Å². The smallest absolute Gasteiger partial charge is 0.232 e. The molecule has 0 saturated carbocycles. The monoisotopic (exact) mass is 395 g/mol. The van der Waals surface area contributed by atoms with E-state index in [4.69, 9.17) is 0 Å². The van der Waals surface area contributed by atoms with Gasteiger partial charge < -0.3 is 10.2 Å². The highest BCUT2D eigenvalue weighted by molar-refractivity contribution is 7.15. The normalized spacial score (nSPS) is 14.8. The van der Waals surface area contributed by atoms with Crippen LogP contribution in [0.4, 0.5) is 10.9 Å². The fourth-order valence-electron chi connectivity index (χ4n) is 3.29. The van der Waals surface area contributed by atoms with Crippen LogP contribution in [-0.2, 0) is 17.6 Å². The van der Waals surface area contributed by atoms with Crippen molar-refractivity contribution in [3.05, 3.63) is 53.4 Å². The number of aromatic nitrogens is 5. The van der Waals surface area contributed by atoms with Crippen LogP contribution in [0.1, 0.15) is 23.5 Å².